The van der Waals surface area contributed by atoms with E-state index in [1.807, 2.05) is 59.9 Å². The Bertz CT molecular complexity index is 707. The van der Waals surface area contributed by atoms with Gasteiger partial charge in [0.05, 0.1) is 23.8 Å². The van der Waals surface area contributed by atoms with Gasteiger partial charge in [-0.15, -0.1) is 0 Å². The van der Waals surface area contributed by atoms with Crippen molar-refractivity contribution in [3.8, 4) is 0 Å². The van der Waals surface area contributed by atoms with Gasteiger partial charge in [-0.2, -0.15) is 10.2 Å². The quantitative estimate of drug-likeness (QED) is 0.556. The van der Waals surface area contributed by atoms with Gasteiger partial charge < -0.3 is 9.13 Å². The molecule has 0 atom stereocenters. The highest BCUT2D eigenvalue weighted by Gasteiger charge is 2.04. The highest BCUT2D eigenvalue weighted by molar-refractivity contribution is 5.82. The number of rotatable bonds is 8. The summed E-state index contributed by atoms with van der Waals surface area (Å²) in [5.41, 5.74) is 6.66. The molecule has 0 spiro atoms. The van der Waals surface area contributed by atoms with Gasteiger partial charge in [0, 0.05) is 39.3 Å². The van der Waals surface area contributed by atoms with Crippen molar-refractivity contribution in [1.82, 2.24) is 20.0 Å². The van der Waals surface area contributed by atoms with Crippen LogP contribution in [0.5, 0.6) is 0 Å². The van der Waals surface area contributed by atoms with Gasteiger partial charge in [0.1, 0.15) is 0 Å². The zero-order chi connectivity index (χ0) is 18.1. The maximum atomic E-state index is 11.6. The van der Waals surface area contributed by atoms with E-state index in [1.54, 1.807) is 12.4 Å². The van der Waals surface area contributed by atoms with Gasteiger partial charge in [0.2, 0.25) is 11.8 Å². The third-order valence-corrected chi connectivity index (χ3v) is 3.55. The zero-order valence-corrected chi connectivity index (χ0v) is 14.3. The molecular formula is C17H22N6O2. The van der Waals surface area contributed by atoms with E-state index in [0.29, 0.717) is 6.42 Å². The average molecular weight is 342 g/mol. The molecule has 0 aromatic carbocycles. The summed E-state index contributed by atoms with van der Waals surface area (Å²) in [7, 11) is 3.78. The lowest BCUT2D eigenvalue weighted by atomic mass is 10.2. The second-order valence-electron chi connectivity index (χ2n) is 5.53. The summed E-state index contributed by atoms with van der Waals surface area (Å²) < 4.78 is 3.77. The smallest absolute Gasteiger partial charge is 0.240 e. The second kappa shape index (κ2) is 9.21. The van der Waals surface area contributed by atoms with E-state index in [4.69, 9.17) is 0 Å². The van der Waals surface area contributed by atoms with Crippen LogP contribution >= 0.6 is 0 Å². The van der Waals surface area contributed by atoms with Crippen LogP contribution in [0.3, 0.4) is 0 Å². The van der Waals surface area contributed by atoms with Crippen LogP contribution in [0.4, 0.5) is 0 Å². The summed E-state index contributed by atoms with van der Waals surface area (Å²) in [6, 6.07) is 7.55. The van der Waals surface area contributed by atoms with Gasteiger partial charge in [-0.3, -0.25) is 9.59 Å². The fourth-order valence-electron chi connectivity index (χ4n) is 2.08. The highest BCUT2D eigenvalue weighted by Crippen LogP contribution is 1.98. The minimum Gasteiger partial charge on any atom is -0.350 e. The monoisotopic (exact) mass is 342 g/mol. The summed E-state index contributed by atoms with van der Waals surface area (Å²) >= 11 is 0. The summed E-state index contributed by atoms with van der Waals surface area (Å²) in [4.78, 5) is 23.3. The van der Waals surface area contributed by atoms with Crippen LogP contribution in [0.15, 0.2) is 46.9 Å². The number of aromatic nitrogens is 2. The SMILES string of the molecule is Cn1cccc1/C=N\NC(=O)CCCC(=O)N/N=C\c1cccn1C. The molecule has 2 heterocycles. The van der Waals surface area contributed by atoms with E-state index in [1.165, 1.54) is 0 Å². The van der Waals surface area contributed by atoms with Gasteiger partial charge in [0.25, 0.3) is 0 Å². The molecule has 0 aliphatic rings. The number of hydrogen-bond donors (Lipinski definition) is 2. The molecule has 2 N–H and O–H groups in total. The molecule has 8 nitrogen and oxygen atoms in total. The molecule has 132 valence electrons. The Morgan fingerprint density at radius 2 is 1.36 bits per heavy atom. The van der Waals surface area contributed by atoms with Gasteiger partial charge >= 0.3 is 0 Å². The minimum atomic E-state index is -0.231. The maximum absolute atomic E-state index is 11.6. The number of hydrazone groups is 2. The van der Waals surface area contributed by atoms with Crippen LogP contribution in [-0.2, 0) is 23.7 Å². The predicted molar refractivity (Wildman–Crippen MR) is 96.2 cm³/mol. The number of carbonyl (C=O) groups is 2. The second-order valence-corrected chi connectivity index (χ2v) is 5.53. The number of hydrogen-bond acceptors (Lipinski definition) is 4. The van der Waals surface area contributed by atoms with E-state index in [0.717, 1.165) is 11.4 Å². The van der Waals surface area contributed by atoms with E-state index in [-0.39, 0.29) is 24.7 Å². The minimum absolute atomic E-state index is 0.222. The van der Waals surface area contributed by atoms with Crippen molar-refractivity contribution < 1.29 is 9.59 Å². The average Bonchev–Trinajstić information content (AvgIpc) is 3.16. The standard InChI is InChI=1S/C17H22N6O2/c1-22-10-4-6-14(22)12-18-20-16(24)8-3-9-17(25)21-19-13-15-7-5-11-23(15)2/h4-7,10-13H,3,8-9H2,1-2H3,(H,20,24)(H,21,25)/b18-12-,19-13-. The Hall–Kier alpha value is -3.16. The number of amides is 2. The van der Waals surface area contributed by atoms with Crippen molar-refractivity contribution >= 4 is 24.2 Å². The molecule has 2 aromatic rings. The lowest BCUT2D eigenvalue weighted by Gasteiger charge is -2.01. The van der Waals surface area contributed by atoms with Crippen LogP contribution in [0.1, 0.15) is 30.7 Å². The normalized spacial score (nSPS) is 11.3. The van der Waals surface area contributed by atoms with Crippen molar-refractivity contribution in [1.29, 1.82) is 0 Å². The molecule has 0 radical (unpaired) electrons. The van der Waals surface area contributed by atoms with Crippen molar-refractivity contribution in [3.63, 3.8) is 0 Å². The van der Waals surface area contributed by atoms with Crippen molar-refractivity contribution in [2.24, 2.45) is 24.3 Å². The molecule has 2 rings (SSSR count). The molecule has 0 aliphatic carbocycles. The third kappa shape index (κ3) is 6.09. The van der Waals surface area contributed by atoms with Crippen LogP contribution in [0, 0.1) is 0 Å². The fourth-order valence-corrected chi connectivity index (χ4v) is 2.08. The van der Waals surface area contributed by atoms with Gasteiger partial charge in [-0.1, -0.05) is 0 Å². The molecule has 0 saturated heterocycles. The molecule has 0 unspecified atom stereocenters. The summed E-state index contributed by atoms with van der Waals surface area (Å²) in [5, 5.41) is 7.77. The highest BCUT2D eigenvalue weighted by atomic mass is 16.2. The number of aryl methyl sites for hydroxylation is 2. The molecule has 0 bridgehead atoms. The van der Waals surface area contributed by atoms with E-state index < -0.39 is 0 Å². The Morgan fingerprint density at radius 3 is 1.72 bits per heavy atom. The Labute approximate surface area is 146 Å². The molecule has 0 saturated carbocycles. The molecule has 0 aliphatic heterocycles. The fraction of sp³-hybridized carbons (Fsp3) is 0.294. The maximum Gasteiger partial charge on any atom is 0.240 e. The molecular weight excluding hydrogens is 320 g/mol. The number of carbonyl (C=O) groups excluding carboxylic acids is 2. The predicted octanol–water partition coefficient (Wildman–Crippen LogP) is 1.13. The van der Waals surface area contributed by atoms with E-state index in [9.17, 15) is 9.59 Å². The molecule has 2 aromatic heterocycles. The summed E-state index contributed by atoms with van der Waals surface area (Å²) in [6.45, 7) is 0. The van der Waals surface area contributed by atoms with Crippen molar-refractivity contribution in [3.05, 3.63) is 48.0 Å². The topological polar surface area (TPSA) is 92.8 Å². The summed E-state index contributed by atoms with van der Waals surface area (Å²) in [5.74, 6) is -0.462. The van der Waals surface area contributed by atoms with Crippen LogP contribution in [-0.4, -0.2) is 33.4 Å². The largest absolute Gasteiger partial charge is 0.350 e. The van der Waals surface area contributed by atoms with Gasteiger partial charge in [0.15, 0.2) is 0 Å². The zero-order valence-electron chi connectivity index (χ0n) is 14.3. The first-order valence-electron chi connectivity index (χ1n) is 7.93. The van der Waals surface area contributed by atoms with Crippen molar-refractivity contribution in [2.75, 3.05) is 0 Å². The lowest BCUT2D eigenvalue weighted by Crippen LogP contribution is -2.20. The van der Waals surface area contributed by atoms with Gasteiger partial charge in [-0.25, -0.2) is 10.9 Å². The lowest BCUT2D eigenvalue weighted by molar-refractivity contribution is -0.122. The van der Waals surface area contributed by atoms with Crippen LogP contribution in [0.2, 0.25) is 0 Å². The molecule has 0 fully saturated rings. The third-order valence-electron chi connectivity index (χ3n) is 3.55. The van der Waals surface area contributed by atoms with Crippen LogP contribution in [0.25, 0.3) is 0 Å². The van der Waals surface area contributed by atoms with E-state index in [2.05, 4.69) is 21.1 Å². The Morgan fingerprint density at radius 1 is 0.920 bits per heavy atom. The molecule has 8 heteroatoms. The number of nitrogens with one attached hydrogen (secondary N) is 2. The van der Waals surface area contributed by atoms with Crippen molar-refractivity contribution in [2.45, 2.75) is 19.3 Å². The number of nitrogens with zero attached hydrogens (tertiary/aromatic N) is 4. The first-order valence-corrected chi connectivity index (χ1v) is 7.93. The molecule has 25 heavy (non-hydrogen) atoms. The van der Waals surface area contributed by atoms with Gasteiger partial charge in [-0.05, 0) is 30.7 Å². The summed E-state index contributed by atoms with van der Waals surface area (Å²) in [6.07, 6.45) is 7.80. The molecule has 2 amide bonds. The van der Waals surface area contributed by atoms with Crippen LogP contribution < -0.4 is 10.9 Å². The Kier molecular flexibility index (Phi) is 6.70. The Balaban J connectivity index is 1.61. The first kappa shape index (κ1) is 18.2. The van der Waals surface area contributed by atoms with E-state index >= 15 is 0 Å². The first-order chi connectivity index (χ1) is 12.1.